The van der Waals surface area contributed by atoms with Crippen molar-refractivity contribution < 1.29 is 27.9 Å². The molecule has 1 saturated carbocycles. The largest absolute Gasteiger partial charge is 0.480 e. The molecule has 0 aromatic heterocycles. The second-order valence-electron chi connectivity index (χ2n) is 10.6. The molecule has 1 atom stereocenters. The summed E-state index contributed by atoms with van der Waals surface area (Å²) in [6.45, 7) is 11.5. The first-order chi connectivity index (χ1) is 18.1. The maximum absolute atomic E-state index is 13.9. The summed E-state index contributed by atoms with van der Waals surface area (Å²) in [6.07, 6.45) is 0.759. The van der Waals surface area contributed by atoms with Gasteiger partial charge in [0.1, 0.15) is 11.5 Å². The van der Waals surface area contributed by atoms with E-state index < -0.39 is 33.4 Å². The molecule has 2 aromatic carbocycles. The highest BCUT2D eigenvalue weighted by Crippen LogP contribution is 2.47. The number of rotatable bonds is 10. The Morgan fingerprint density at radius 2 is 1.41 bits per heavy atom. The zero-order chi connectivity index (χ0) is 29.4. The topological polar surface area (TPSA) is 124 Å². The van der Waals surface area contributed by atoms with Crippen LogP contribution < -0.4 is 9.62 Å². The second kappa shape index (κ2) is 11.0. The molecular formula is C29H39N3O6S. The third-order valence-corrected chi connectivity index (χ3v) is 10.2. The molecule has 9 nitrogen and oxygen atoms in total. The van der Waals surface area contributed by atoms with E-state index in [1.165, 1.54) is 9.21 Å². The number of carboxylic acids is 1. The van der Waals surface area contributed by atoms with Gasteiger partial charge in [0.2, 0.25) is 11.8 Å². The zero-order valence-corrected chi connectivity index (χ0v) is 24.8. The molecule has 2 aromatic rings. The Hall–Kier alpha value is -3.40. The van der Waals surface area contributed by atoms with E-state index in [1.54, 1.807) is 45.3 Å². The van der Waals surface area contributed by atoms with Gasteiger partial charge in [0.05, 0.1) is 10.6 Å². The average Bonchev–Trinajstić information content (AvgIpc) is 3.68. The quantitative estimate of drug-likeness (QED) is 0.432. The van der Waals surface area contributed by atoms with Crippen LogP contribution in [0.4, 0.5) is 5.69 Å². The van der Waals surface area contributed by atoms with Crippen molar-refractivity contribution in [1.29, 1.82) is 0 Å². The standard InChI is InChI=1S/C29H39N3O6S/c1-9-32(39(37,38)25-20(5)18(3)17(2)19(4)21(25)6)23-12-10-22(11-13-23)16-24(26(33)34)30-27(35)29(14-15-29)28(36)31(7)8/h10-13,24H,9,14-16H2,1-8H3,(H,30,35)(H,33,34). The lowest BCUT2D eigenvalue weighted by atomic mass is 9.95. The summed E-state index contributed by atoms with van der Waals surface area (Å²) >= 11 is 0. The van der Waals surface area contributed by atoms with Crippen molar-refractivity contribution in [3.05, 3.63) is 57.6 Å². The summed E-state index contributed by atoms with van der Waals surface area (Å²) in [5, 5.41) is 12.3. The van der Waals surface area contributed by atoms with Crippen LogP contribution in [-0.4, -0.2) is 62.9 Å². The van der Waals surface area contributed by atoms with Crippen molar-refractivity contribution in [2.75, 3.05) is 24.9 Å². The number of nitrogens with one attached hydrogen (secondary N) is 1. The van der Waals surface area contributed by atoms with E-state index in [0.717, 1.165) is 27.8 Å². The Morgan fingerprint density at radius 3 is 1.82 bits per heavy atom. The molecule has 1 aliphatic rings. The number of sulfonamides is 1. The van der Waals surface area contributed by atoms with Gasteiger partial charge >= 0.3 is 5.97 Å². The number of aliphatic carboxylic acids is 1. The molecule has 0 aliphatic heterocycles. The predicted molar refractivity (Wildman–Crippen MR) is 150 cm³/mol. The van der Waals surface area contributed by atoms with Gasteiger partial charge in [-0.1, -0.05) is 12.1 Å². The van der Waals surface area contributed by atoms with Crippen LogP contribution in [0.5, 0.6) is 0 Å². The Morgan fingerprint density at radius 1 is 0.923 bits per heavy atom. The molecule has 10 heteroatoms. The van der Waals surface area contributed by atoms with Crippen LogP contribution in [0.3, 0.4) is 0 Å². The van der Waals surface area contributed by atoms with Gasteiger partial charge in [-0.3, -0.25) is 13.9 Å². The average molecular weight is 558 g/mol. The lowest BCUT2D eigenvalue weighted by molar-refractivity contribution is -0.147. The Kier molecular flexibility index (Phi) is 8.50. The van der Waals surface area contributed by atoms with Gasteiger partial charge in [-0.05, 0) is 99.9 Å². The van der Waals surface area contributed by atoms with Crippen LogP contribution in [0.1, 0.15) is 53.1 Å². The van der Waals surface area contributed by atoms with E-state index in [2.05, 4.69) is 5.32 Å². The van der Waals surface area contributed by atoms with E-state index >= 15 is 0 Å². The fourth-order valence-electron chi connectivity index (χ4n) is 5.08. The number of carboxylic acid groups (broad SMARTS) is 1. The number of amides is 2. The normalized spacial score (nSPS) is 14.9. The summed E-state index contributed by atoms with van der Waals surface area (Å²) in [5.74, 6) is -2.13. The van der Waals surface area contributed by atoms with Crippen molar-refractivity contribution in [2.24, 2.45) is 5.41 Å². The van der Waals surface area contributed by atoms with E-state index in [4.69, 9.17) is 0 Å². The summed E-state index contributed by atoms with van der Waals surface area (Å²) in [6, 6.07) is 5.39. The predicted octanol–water partition coefficient (Wildman–Crippen LogP) is 3.42. The number of hydrogen-bond donors (Lipinski definition) is 2. The zero-order valence-electron chi connectivity index (χ0n) is 24.0. The van der Waals surface area contributed by atoms with Gasteiger partial charge in [0.15, 0.2) is 0 Å². The summed E-state index contributed by atoms with van der Waals surface area (Å²) in [4.78, 5) is 38.9. The fraction of sp³-hybridized carbons (Fsp3) is 0.483. The minimum atomic E-state index is -3.87. The highest BCUT2D eigenvalue weighted by atomic mass is 32.2. The molecular weight excluding hydrogens is 518 g/mol. The first-order valence-electron chi connectivity index (χ1n) is 13.0. The number of hydrogen-bond acceptors (Lipinski definition) is 5. The van der Waals surface area contributed by atoms with Crippen molar-refractivity contribution in [3.63, 3.8) is 0 Å². The fourth-order valence-corrected chi connectivity index (χ4v) is 7.12. The van der Waals surface area contributed by atoms with Crippen LogP contribution >= 0.6 is 0 Å². The second-order valence-corrected chi connectivity index (χ2v) is 12.4. The maximum atomic E-state index is 13.9. The molecule has 0 bridgehead atoms. The Balaban J connectivity index is 1.86. The Bertz CT molecular complexity index is 1380. The number of nitrogens with zero attached hydrogens (tertiary/aromatic N) is 2. The van der Waals surface area contributed by atoms with E-state index in [1.807, 2.05) is 34.6 Å². The molecule has 212 valence electrons. The Labute approximate surface area is 231 Å². The van der Waals surface area contributed by atoms with Crippen LogP contribution in [0.15, 0.2) is 29.2 Å². The van der Waals surface area contributed by atoms with Crippen LogP contribution in [0.2, 0.25) is 0 Å². The van der Waals surface area contributed by atoms with Crippen molar-refractivity contribution in [1.82, 2.24) is 10.2 Å². The van der Waals surface area contributed by atoms with E-state index in [9.17, 15) is 27.9 Å². The van der Waals surface area contributed by atoms with Crippen LogP contribution in [0.25, 0.3) is 0 Å². The lowest BCUT2D eigenvalue weighted by Crippen LogP contribution is -2.49. The molecule has 0 saturated heterocycles. The first-order valence-corrected chi connectivity index (χ1v) is 14.5. The molecule has 0 spiro atoms. The number of anilines is 1. The van der Waals surface area contributed by atoms with Crippen molar-refractivity contribution in [2.45, 2.75) is 71.7 Å². The minimum Gasteiger partial charge on any atom is -0.480 e. The van der Waals surface area contributed by atoms with E-state index in [-0.39, 0.29) is 18.9 Å². The number of benzene rings is 2. The molecule has 2 N–H and O–H groups in total. The maximum Gasteiger partial charge on any atom is 0.326 e. The van der Waals surface area contributed by atoms with Gasteiger partial charge in [0.25, 0.3) is 10.0 Å². The van der Waals surface area contributed by atoms with Gasteiger partial charge in [-0.15, -0.1) is 0 Å². The molecule has 0 heterocycles. The van der Waals surface area contributed by atoms with Gasteiger partial charge in [0, 0.05) is 27.1 Å². The third-order valence-electron chi connectivity index (χ3n) is 8.03. The number of carbonyl (C=O) groups excluding carboxylic acids is 2. The third kappa shape index (κ3) is 5.52. The number of carbonyl (C=O) groups is 3. The SMILES string of the molecule is CCN(c1ccc(CC(NC(=O)C2(C(=O)N(C)C)CC2)C(=O)O)cc1)S(=O)(=O)c1c(C)c(C)c(C)c(C)c1C. The minimum absolute atomic E-state index is 0.0129. The van der Waals surface area contributed by atoms with Crippen LogP contribution in [-0.2, 0) is 30.8 Å². The van der Waals surface area contributed by atoms with Gasteiger partial charge in [-0.25, -0.2) is 13.2 Å². The summed E-state index contributed by atoms with van der Waals surface area (Å²) in [5.41, 5.74) is 4.31. The smallest absolute Gasteiger partial charge is 0.326 e. The molecule has 1 fully saturated rings. The lowest BCUT2D eigenvalue weighted by Gasteiger charge is -2.27. The monoisotopic (exact) mass is 557 g/mol. The molecule has 3 rings (SSSR count). The molecule has 39 heavy (non-hydrogen) atoms. The molecule has 1 aliphatic carbocycles. The highest BCUT2D eigenvalue weighted by molar-refractivity contribution is 7.93. The summed E-state index contributed by atoms with van der Waals surface area (Å²) < 4.78 is 29.1. The first kappa shape index (κ1) is 30.1. The van der Waals surface area contributed by atoms with Gasteiger partial charge in [-0.2, -0.15) is 0 Å². The van der Waals surface area contributed by atoms with Crippen LogP contribution in [0, 0.1) is 40.0 Å². The van der Waals surface area contributed by atoms with Gasteiger partial charge < -0.3 is 15.3 Å². The molecule has 1 unspecified atom stereocenters. The van der Waals surface area contributed by atoms with Crippen molar-refractivity contribution >= 4 is 33.5 Å². The molecule has 2 amide bonds. The van der Waals surface area contributed by atoms with Crippen molar-refractivity contribution in [3.8, 4) is 0 Å². The van der Waals surface area contributed by atoms with E-state index in [0.29, 0.717) is 29.0 Å². The summed E-state index contributed by atoms with van der Waals surface area (Å²) in [7, 11) is -0.741. The molecule has 0 radical (unpaired) electrons. The highest BCUT2D eigenvalue weighted by Gasteiger charge is 2.57.